The summed E-state index contributed by atoms with van der Waals surface area (Å²) in [4.78, 5) is 22.4. The summed E-state index contributed by atoms with van der Waals surface area (Å²) in [6, 6.07) is 1.62. The number of pyridine rings is 1. The van der Waals surface area contributed by atoms with Crippen molar-refractivity contribution in [2.24, 2.45) is 4.99 Å². The fourth-order valence-electron chi connectivity index (χ4n) is 3.72. The number of amidine groups is 1. The number of amides is 1. The highest BCUT2D eigenvalue weighted by atomic mass is 35.5. The van der Waals surface area contributed by atoms with Gasteiger partial charge >= 0.3 is 6.09 Å². The van der Waals surface area contributed by atoms with Crippen molar-refractivity contribution in [2.45, 2.75) is 37.8 Å². The molecule has 1 amide bonds. The lowest BCUT2D eigenvalue weighted by atomic mass is 9.91. The molecule has 0 saturated heterocycles. The van der Waals surface area contributed by atoms with E-state index in [0.717, 1.165) is 30.2 Å². The van der Waals surface area contributed by atoms with Crippen LogP contribution in [0.3, 0.4) is 0 Å². The second kappa shape index (κ2) is 7.67. The molecule has 4 rings (SSSR count). The molecule has 148 valence electrons. The van der Waals surface area contributed by atoms with Gasteiger partial charge in [-0.2, -0.15) is 0 Å². The Balaban J connectivity index is 1.48. The van der Waals surface area contributed by atoms with Crippen LogP contribution < -0.4 is 16.0 Å². The molecule has 2 aliphatic rings. The molecule has 1 aliphatic heterocycles. The minimum absolute atomic E-state index is 0.0303. The zero-order valence-corrected chi connectivity index (χ0v) is 15.7. The number of hydrogen-bond donors (Lipinski definition) is 5. The second-order valence-electron chi connectivity index (χ2n) is 6.98. The Labute approximate surface area is 165 Å². The van der Waals surface area contributed by atoms with E-state index in [-0.39, 0.29) is 30.3 Å². The lowest BCUT2D eigenvalue weighted by molar-refractivity contribution is 0.183. The van der Waals surface area contributed by atoms with Gasteiger partial charge < -0.3 is 26.0 Å². The van der Waals surface area contributed by atoms with Crippen LogP contribution in [0.25, 0.3) is 11.0 Å². The van der Waals surface area contributed by atoms with Gasteiger partial charge in [0.15, 0.2) is 5.83 Å². The number of nitrogens with one attached hydrogen (secondary N) is 4. The van der Waals surface area contributed by atoms with Crippen molar-refractivity contribution < 1.29 is 14.3 Å². The summed E-state index contributed by atoms with van der Waals surface area (Å²) in [6.45, 7) is -0.0745. The van der Waals surface area contributed by atoms with Gasteiger partial charge in [0.1, 0.15) is 17.3 Å². The molecule has 2 unspecified atom stereocenters. The standard InChI is InChI=1S/C18H20ClFN6O2/c19-9-4-12-13(7-22-15(12)21-6-9)16-23-8-14(20)17(26-16)24-10-2-1-3-11(5-10)25-18(27)28/h4,6-7,10-11,24-25H,1-3,5,8H2,(H,21,22)(H,23,26)(H,27,28). The molecule has 0 aromatic carbocycles. The van der Waals surface area contributed by atoms with Gasteiger partial charge in [0.25, 0.3) is 0 Å². The lowest BCUT2D eigenvalue weighted by Gasteiger charge is -2.32. The van der Waals surface area contributed by atoms with E-state index in [1.165, 1.54) is 0 Å². The van der Waals surface area contributed by atoms with Gasteiger partial charge in [0, 0.05) is 35.4 Å². The molecule has 2 aromatic heterocycles. The first-order valence-electron chi connectivity index (χ1n) is 9.08. The number of aliphatic imine (C=N–C) groups is 1. The second-order valence-corrected chi connectivity index (χ2v) is 7.41. The van der Waals surface area contributed by atoms with Crippen LogP contribution in [0.1, 0.15) is 31.2 Å². The average Bonchev–Trinajstić information content (AvgIpc) is 3.06. The van der Waals surface area contributed by atoms with Crippen LogP contribution in [-0.4, -0.2) is 45.6 Å². The molecule has 0 radical (unpaired) electrons. The summed E-state index contributed by atoms with van der Waals surface area (Å²) >= 11 is 6.05. The van der Waals surface area contributed by atoms with Crippen molar-refractivity contribution in [3.63, 3.8) is 0 Å². The Bertz CT molecular complexity index is 972. The van der Waals surface area contributed by atoms with E-state index in [0.29, 0.717) is 22.9 Å². The van der Waals surface area contributed by atoms with E-state index in [4.69, 9.17) is 16.7 Å². The fourth-order valence-corrected chi connectivity index (χ4v) is 3.88. The number of nitrogens with zero attached hydrogens (tertiary/aromatic N) is 2. The molecular weight excluding hydrogens is 387 g/mol. The summed E-state index contributed by atoms with van der Waals surface area (Å²) in [6.07, 6.45) is 5.37. The Morgan fingerprint density at radius 2 is 2.18 bits per heavy atom. The summed E-state index contributed by atoms with van der Waals surface area (Å²) in [5, 5.41) is 19.0. The topological polar surface area (TPSA) is 114 Å². The highest BCUT2D eigenvalue weighted by Crippen LogP contribution is 2.24. The van der Waals surface area contributed by atoms with Gasteiger partial charge in [-0.15, -0.1) is 0 Å². The van der Waals surface area contributed by atoms with Gasteiger partial charge in [-0.3, -0.25) is 4.99 Å². The summed E-state index contributed by atoms with van der Waals surface area (Å²) < 4.78 is 14.4. The van der Waals surface area contributed by atoms with E-state index in [1.807, 2.05) is 0 Å². The fraction of sp³-hybridized carbons (Fsp3) is 0.389. The summed E-state index contributed by atoms with van der Waals surface area (Å²) in [5.74, 6) is 0.415. The molecule has 1 aliphatic carbocycles. The molecule has 8 nitrogen and oxygen atoms in total. The number of halogens is 2. The number of fused-ring (bicyclic) bond motifs is 1. The van der Waals surface area contributed by atoms with Crippen molar-refractivity contribution in [2.75, 3.05) is 6.54 Å². The molecule has 2 atom stereocenters. The van der Waals surface area contributed by atoms with Crippen LogP contribution in [0.4, 0.5) is 9.18 Å². The number of rotatable bonds is 4. The van der Waals surface area contributed by atoms with E-state index < -0.39 is 6.09 Å². The minimum Gasteiger partial charge on any atom is -0.465 e. The average molecular weight is 407 g/mol. The Morgan fingerprint density at radius 3 is 3.00 bits per heavy atom. The first-order chi connectivity index (χ1) is 13.5. The first kappa shape index (κ1) is 18.5. The van der Waals surface area contributed by atoms with Crippen LogP contribution >= 0.6 is 11.6 Å². The molecule has 1 fully saturated rings. The lowest BCUT2D eigenvalue weighted by Crippen LogP contribution is -2.46. The largest absolute Gasteiger partial charge is 0.465 e. The van der Waals surface area contributed by atoms with Crippen molar-refractivity contribution in [3.8, 4) is 0 Å². The van der Waals surface area contributed by atoms with Gasteiger partial charge in [-0.1, -0.05) is 11.6 Å². The number of hydrogen-bond acceptors (Lipinski definition) is 5. The molecule has 0 bridgehead atoms. The predicted molar refractivity (Wildman–Crippen MR) is 104 cm³/mol. The molecule has 0 spiro atoms. The van der Waals surface area contributed by atoms with Crippen LogP contribution in [-0.2, 0) is 0 Å². The third kappa shape index (κ3) is 3.89. The zero-order chi connectivity index (χ0) is 19.7. The third-order valence-electron chi connectivity index (χ3n) is 4.99. The maximum atomic E-state index is 14.4. The number of aromatic amines is 1. The van der Waals surface area contributed by atoms with E-state index in [1.54, 1.807) is 18.5 Å². The third-order valence-corrected chi connectivity index (χ3v) is 5.20. The Hall–Kier alpha value is -2.81. The maximum Gasteiger partial charge on any atom is 0.404 e. The van der Waals surface area contributed by atoms with Crippen molar-refractivity contribution >= 4 is 34.6 Å². The van der Waals surface area contributed by atoms with Crippen LogP contribution in [0, 0.1) is 0 Å². The SMILES string of the molecule is O=C(O)NC1CCCC(NC2=C(F)CN=C(c3c[nH]c4ncc(Cl)cc34)N2)C1. The molecule has 3 heterocycles. The number of aromatic nitrogens is 2. The monoisotopic (exact) mass is 406 g/mol. The van der Waals surface area contributed by atoms with Crippen LogP contribution in [0.2, 0.25) is 5.02 Å². The van der Waals surface area contributed by atoms with Gasteiger partial charge in [0.05, 0.1) is 11.6 Å². The summed E-state index contributed by atoms with van der Waals surface area (Å²) in [5.41, 5.74) is 1.43. The molecule has 1 saturated carbocycles. The van der Waals surface area contributed by atoms with E-state index in [2.05, 4.69) is 30.9 Å². The van der Waals surface area contributed by atoms with Crippen molar-refractivity contribution in [3.05, 3.63) is 40.7 Å². The minimum atomic E-state index is -1.03. The highest BCUT2D eigenvalue weighted by molar-refractivity contribution is 6.31. The normalized spacial score (nSPS) is 22.6. The first-order valence-corrected chi connectivity index (χ1v) is 9.46. The number of carbonyl (C=O) groups is 1. The van der Waals surface area contributed by atoms with Crippen LogP contribution in [0.15, 0.2) is 35.1 Å². The predicted octanol–water partition coefficient (Wildman–Crippen LogP) is 2.87. The van der Waals surface area contributed by atoms with E-state index >= 15 is 0 Å². The molecule has 2 aromatic rings. The Morgan fingerprint density at radius 1 is 1.36 bits per heavy atom. The molecular formula is C18H20ClFN6O2. The van der Waals surface area contributed by atoms with Crippen molar-refractivity contribution in [1.29, 1.82) is 0 Å². The maximum absolute atomic E-state index is 14.4. The zero-order valence-electron chi connectivity index (χ0n) is 14.9. The molecule has 5 N–H and O–H groups in total. The molecule has 10 heteroatoms. The van der Waals surface area contributed by atoms with Gasteiger partial charge in [0.2, 0.25) is 0 Å². The molecule has 28 heavy (non-hydrogen) atoms. The highest BCUT2D eigenvalue weighted by Gasteiger charge is 2.26. The van der Waals surface area contributed by atoms with Gasteiger partial charge in [-0.05, 0) is 31.7 Å². The quantitative estimate of drug-likeness (QED) is 0.535. The smallest absolute Gasteiger partial charge is 0.404 e. The number of carboxylic acid groups (broad SMARTS) is 1. The van der Waals surface area contributed by atoms with Crippen LogP contribution in [0.5, 0.6) is 0 Å². The Kier molecular flexibility index (Phi) is 5.08. The van der Waals surface area contributed by atoms with Crippen molar-refractivity contribution in [1.82, 2.24) is 25.9 Å². The number of H-pyrrole nitrogens is 1. The van der Waals surface area contributed by atoms with Gasteiger partial charge in [-0.25, -0.2) is 14.2 Å². The summed E-state index contributed by atoms with van der Waals surface area (Å²) in [7, 11) is 0. The van der Waals surface area contributed by atoms with E-state index in [9.17, 15) is 9.18 Å².